The van der Waals surface area contributed by atoms with E-state index >= 15 is 0 Å². The third-order valence-corrected chi connectivity index (χ3v) is 2.75. The fourth-order valence-electron chi connectivity index (χ4n) is 1.78. The Morgan fingerprint density at radius 2 is 2.30 bits per heavy atom. The Kier molecular flexibility index (Phi) is 4.70. The van der Waals surface area contributed by atoms with Crippen molar-refractivity contribution in [1.82, 2.24) is 14.8 Å². The Morgan fingerprint density at radius 1 is 1.45 bits per heavy atom. The summed E-state index contributed by atoms with van der Waals surface area (Å²) in [6.07, 6.45) is 3.37. The summed E-state index contributed by atoms with van der Waals surface area (Å²) < 4.78 is 7.15. The van der Waals surface area contributed by atoms with Gasteiger partial charge in [0.05, 0.1) is 18.8 Å². The smallest absolute Gasteiger partial charge is 0.226 e. The first kappa shape index (κ1) is 14.0. The number of rotatable bonds is 6. The van der Waals surface area contributed by atoms with Crippen molar-refractivity contribution in [2.45, 2.75) is 26.8 Å². The number of nitrogens with one attached hydrogen (secondary N) is 1. The molecule has 0 spiro atoms. The number of hydrogen-bond donors (Lipinski definition) is 1. The summed E-state index contributed by atoms with van der Waals surface area (Å²) in [7, 11) is 0. The number of aryl methyl sites for hydroxylation is 2. The molecule has 0 bridgehead atoms. The molecule has 20 heavy (non-hydrogen) atoms. The molecule has 2 rings (SSSR count). The monoisotopic (exact) mass is 274 g/mol. The second-order valence-electron chi connectivity index (χ2n) is 4.39. The van der Waals surface area contributed by atoms with Crippen LogP contribution in [0, 0.1) is 6.92 Å². The van der Waals surface area contributed by atoms with Gasteiger partial charge in [-0.1, -0.05) is 6.07 Å². The van der Waals surface area contributed by atoms with Crippen molar-refractivity contribution in [2.75, 3.05) is 11.9 Å². The fourth-order valence-corrected chi connectivity index (χ4v) is 1.78. The first-order chi connectivity index (χ1) is 9.69. The third kappa shape index (κ3) is 3.81. The van der Waals surface area contributed by atoms with Crippen LogP contribution in [-0.2, 0) is 11.3 Å². The Hall–Kier alpha value is -2.37. The van der Waals surface area contributed by atoms with Gasteiger partial charge in [0.2, 0.25) is 5.91 Å². The van der Waals surface area contributed by atoms with Crippen molar-refractivity contribution >= 4 is 11.6 Å². The summed E-state index contributed by atoms with van der Waals surface area (Å²) >= 11 is 0. The standard InChI is InChI=1S/C14H18N4O2/c1-3-20-13-8-11(2)4-5-12(13)17-14(19)6-7-18-10-15-9-16-18/h4-5,8-10H,3,6-7H2,1-2H3,(H,17,19). The number of ether oxygens (including phenoxy) is 1. The molecule has 1 N–H and O–H groups in total. The van der Waals surface area contributed by atoms with Crippen molar-refractivity contribution < 1.29 is 9.53 Å². The van der Waals surface area contributed by atoms with Crippen LogP contribution < -0.4 is 10.1 Å². The zero-order valence-corrected chi connectivity index (χ0v) is 11.7. The van der Waals surface area contributed by atoms with Crippen LogP contribution >= 0.6 is 0 Å². The summed E-state index contributed by atoms with van der Waals surface area (Å²) in [5, 5.41) is 6.81. The zero-order valence-electron chi connectivity index (χ0n) is 11.7. The van der Waals surface area contributed by atoms with Gasteiger partial charge in [0, 0.05) is 6.42 Å². The maximum Gasteiger partial charge on any atom is 0.226 e. The number of carbonyl (C=O) groups excluding carboxylic acids is 1. The molecule has 0 saturated carbocycles. The summed E-state index contributed by atoms with van der Waals surface area (Å²) in [4.78, 5) is 15.8. The molecule has 1 heterocycles. The SMILES string of the molecule is CCOc1cc(C)ccc1NC(=O)CCn1cncn1. The fraction of sp³-hybridized carbons (Fsp3) is 0.357. The average molecular weight is 274 g/mol. The number of benzene rings is 1. The molecule has 0 aliphatic heterocycles. The van der Waals surface area contributed by atoms with Gasteiger partial charge in [0.15, 0.2) is 0 Å². The number of hydrogen-bond acceptors (Lipinski definition) is 4. The lowest BCUT2D eigenvalue weighted by molar-refractivity contribution is -0.116. The van der Waals surface area contributed by atoms with Crippen molar-refractivity contribution in [3.8, 4) is 5.75 Å². The minimum Gasteiger partial charge on any atom is -0.492 e. The highest BCUT2D eigenvalue weighted by molar-refractivity contribution is 5.92. The lowest BCUT2D eigenvalue weighted by Crippen LogP contribution is -2.15. The van der Waals surface area contributed by atoms with Crippen molar-refractivity contribution in [3.05, 3.63) is 36.4 Å². The Labute approximate surface area is 117 Å². The van der Waals surface area contributed by atoms with Crippen LogP contribution in [-0.4, -0.2) is 27.3 Å². The van der Waals surface area contributed by atoms with E-state index in [-0.39, 0.29) is 5.91 Å². The molecule has 1 aromatic heterocycles. The van der Waals surface area contributed by atoms with Crippen LogP contribution in [0.1, 0.15) is 18.9 Å². The predicted molar refractivity (Wildman–Crippen MR) is 75.6 cm³/mol. The average Bonchev–Trinajstić information content (AvgIpc) is 2.93. The number of carbonyl (C=O) groups is 1. The quantitative estimate of drug-likeness (QED) is 0.875. The molecule has 0 atom stereocenters. The molecule has 106 valence electrons. The van der Waals surface area contributed by atoms with Crippen molar-refractivity contribution in [3.63, 3.8) is 0 Å². The second-order valence-corrected chi connectivity index (χ2v) is 4.39. The molecule has 0 saturated heterocycles. The van der Waals surface area contributed by atoms with E-state index in [4.69, 9.17) is 4.74 Å². The van der Waals surface area contributed by atoms with Crippen molar-refractivity contribution in [2.24, 2.45) is 0 Å². The van der Waals surface area contributed by atoms with Gasteiger partial charge in [-0.15, -0.1) is 0 Å². The van der Waals surface area contributed by atoms with Gasteiger partial charge in [0.25, 0.3) is 0 Å². The highest BCUT2D eigenvalue weighted by Gasteiger charge is 2.08. The normalized spacial score (nSPS) is 10.3. The molecular formula is C14H18N4O2. The van der Waals surface area contributed by atoms with Gasteiger partial charge in [-0.3, -0.25) is 9.48 Å². The summed E-state index contributed by atoms with van der Waals surface area (Å²) in [6.45, 7) is 4.96. The van der Waals surface area contributed by atoms with Crippen LogP contribution in [0.3, 0.4) is 0 Å². The lowest BCUT2D eigenvalue weighted by Gasteiger charge is -2.12. The van der Waals surface area contributed by atoms with Gasteiger partial charge in [-0.05, 0) is 31.5 Å². The van der Waals surface area contributed by atoms with Crippen molar-refractivity contribution in [1.29, 1.82) is 0 Å². The van der Waals surface area contributed by atoms with E-state index in [0.29, 0.717) is 31.0 Å². The van der Waals surface area contributed by atoms with E-state index in [0.717, 1.165) is 5.56 Å². The van der Waals surface area contributed by atoms with E-state index in [2.05, 4.69) is 15.4 Å². The summed E-state index contributed by atoms with van der Waals surface area (Å²) in [6, 6.07) is 5.71. The summed E-state index contributed by atoms with van der Waals surface area (Å²) in [5.41, 5.74) is 1.79. The minimum absolute atomic E-state index is 0.0784. The molecule has 0 fully saturated rings. The highest BCUT2D eigenvalue weighted by atomic mass is 16.5. The van der Waals surface area contributed by atoms with Gasteiger partial charge in [-0.2, -0.15) is 5.10 Å². The lowest BCUT2D eigenvalue weighted by atomic mass is 10.2. The first-order valence-electron chi connectivity index (χ1n) is 6.54. The van der Waals surface area contributed by atoms with E-state index in [9.17, 15) is 4.79 Å². The van der Waals surface area contributed by atoms with Crippen LogP contribution in [0.4, 0.5) is 5.69 Å². The number of amides is 1. The molecular weight excluding hydrogens is 256 g/mol. The largest absolute Gasteiger partial charge is 0.492 e. The molecule has 1 aromatic carbocycles. The Balaban J connectivity index is 1.96. The van der Waals surface area contributed by atoms with E-state index in [1.807, 2.05) is 32.0 Å². The van der Waals surface area contributed by atoms with Gasteiger partial charge in [0.1, 0.15) is 18.4 Å². The number of aromatic nitrogens is 3. The highest BCUT2D eigenvalue weighted by Crippen LogP contribution is 2.25. The maximum atomic E-state index is 11.9. The minimum atomic E-state index is -0.0784. The van der Waals surface area contributed by atoms with E-state index < -0.39 is 0 Å². The van der Waals surface area contributed by atoms with Crippen LogP contribution in [0.15, 0.2) is 30.9 Å². The topological polar surface area (TPSA) is 69.0 Å². The zero-order chi connectivity index (χ0) is 14.4. The van der Waals surface area contributed by atoms with Crippen LogP contribution in [0.5, 0.6) is 5.75 Å². The van der Waals surface area contributed by atoms with Crippen LogP contribution in [0.2, 0.25) is 0 Å². The molecule has 2 aromatic rings. The van der Waals surface area contributed by atoms with Gasteiger partial charge < -0.3 is 10.1 Å². The van der Waals surface area contributed by atoms with Gasteiger partial charge >= 0.3 is 0 Å². The molecule has 6 heteroatoms. The van der Waals surface area contributed by atoms with E-state index in [1.54, 1.807) is 11.0 Å². The Bertz CT molecular complexity index is 567. The van der Waals surface area contributed by atoms with E-state index in [1.165, 1.54) is 6.33 Å². The molecule has 1 amide bonds. The Morgan fingerprint density at radius 3 is 3.00 bits per heavy atom. The molecule has 6 nitrogen and oxygen atoms in total. The third-order valence-electron chi connectivity index (χ3n) is 2.75. The molecule has 0 radical (unpaired) electrons. The second kappa shape index (κ2) is 6.70. The first-order valence-corrected chi connectivity index (χ1v) is 6.54. The van der Waals surface area contributed by atoms with Gasteiger partial charge in [-0.25, -0.2) is 4.98 Å². The number of nitrogens with zero attached hydrogens (tertiary/aromatic N) is 3. The molecule has 0 aliphatic rings. The number of anilines is 1. The van der Waals surface area contributed by atoms with Crippen LogP contribution in [0.25, 0.3) is 0 Å². The molecule has 0 unspecified atom stereocenters. The predicted octanol–water partition coefficient (Wildman–Crippen LogP) is 2.01. The molecule has 0 aliphatic carbocycles. The summed E-state index contributed by atoms with van der Waals surface area (Å²) in [5.74, 6) is 0.618. The maximum absolute atomic E-state index is 11.9.